The molecule has 1 aliphatic carbocycles. The molecule has 1 N–H and O–H groups in total. The van der Waals surface area contributed by atoms with E-state index in [-0.39, 0.29) is 17.2 Å². The van der Waals surface area contributed by atoms with E-state index >= 15 is 0 Å². The van der Waals surface area contributed by atoms with Crippen LogP contribution >= 0.6 is 23.5 Å². The van der Waals surface area contributed by atoms with E-state index in [0.29, 0.717) is 24.2 Å². The zero-order valence-electron chi connectivity index (χ0n) is 14.0. The molecule has 6 heteroatoms. The van der Waals surface area contributed by atoms with Crippen LogP contribution in [0.3, 0.4) is 0 Å². The molecular formula is C17H28N2O2S2. The Morgan fingerprint density at radius 3 is 2.87 bits per heavy atom. The molecule has 0 aromatic heterocycles. The molecule has 2 aliphatic heterocycles. The smallest absolute Gasteiger partial charge is 0.233 e. The highest BCUT2D eigenvalue weighted by Gasteiger charge is 2.44. The molecule has 3 aliphatic rings. The third-order valence-corrected chi connectivity index (χ3v) is 7.57. The van der Waals surface area contributed by atoms with E-state index in [4.69, 9.17) is 0 Å². The molecule has 2 saturated heterocycles. The molecule has 1 saturated carbocycles. The molecule has 3 rings (SSSR count). The van der Waals surface area contributed by atoms with E-state index in [0.717, 1.165) is 56.7 Å². The first-order valence-electron chi connectivity index (χ1n) is 8.87. The summed E-state index contributed by atoms with van der Waals surface area (Å²) in [5.41, 5.74) is 0. The van der Waals surface area contributed by atoms with Crippen molar-refractivity contribution in [3.05, 3.63) is 0 Å². The summed E-state index contributed by atoms with van der Waals surface area (Å²) in [6.45, 7) is 1.76. The minimum atomic E-state index is 0.166. The molecule has 0 radical (unpaired) electrons. The van der Waals surface area contributed by atoms with Gasteiger partial charge in [0.1, 0.15) is 0 Å². The van der Waals surface area contributed by atoms with E-state index < -0.39 is 0 Å². The molecule has 0 bridgehead atoms. The molecule has 2 heterocycles. The van der Waals surface area contributed by atoms with Gasteiger partial charge in [-0.2, -0.15) is 11.8 Å². The maximum atomic E-state index is 12.4. The molecule has 4 atom stereocenters. The first-order chi connectivity index (χ1) is 11.2. The lowest BCUT2D eigenvalue weighted by molar-refractivity contribution is -0.130. The number of thioether (sulfide) groups is 2. The molecule has 4 nitrogen and oxygen atoms in total. The van der Waals surface area contributed by atoms with Crippen molar-refractivity contribution in [3.63, 3.8) is 0 Å². The standard InChI is InChI=1S/C17H28N2O2S2/c1-22-8-3-5-16(20)19-10-12-6-7-14(13(12)11-19)18-17(21)15-4-2-9-23-15/h12-15H,2-11H2,1H3,(H,18,21). The average molecular weight is 357 g/mol. The van der Waals surface area contributed by atoms with Gasteiger partial charge in [-0.05, 0) is 55.8 Å². The second kappa shape index (κ2) is 8.15. The summed E-state index contributed by atoms with van der Waals surface area (Å²) in [5, 5.41) is 3.47. The van der Waals surface area contributed by atoms with Gasteiger partial charge in [0.25, 0.3) is 0 Å². The second-order valence-corrected chi connectivity index (χ2v) is 9.31. The molecule has 2 amide bonds. The average Bonchev–Trinajstić information content (AvgIpc) is 3.25. The predicted molar refractivity (Wildman–Crippen MR) is 97.8 cm³/mol. The predicted octanol–water partition coefficient (Wildman–Crippen LogP) is 2.38. The Morgan fingerprint density at radius 1 is 1.26 bits per heavy atom. The van der Waals surface area contributed by atoms with Gasteiger partial charge >= 0.3 is 0 Å². The number of hydrogen-bond donors (Lipinski definition) is 1. The summed E-state index contributed by atoms with van der Waals surface area (Å²) >= 11 is 3.60. The van der Waals surface area contributed by atoms with Gasteiger partial charge in [0, 0.05) is 31.5 Å². The molecule has 130 valence electrons. The van der Waals surface area contributed by atoms with Crippen LogP contribution in [-0.2, 0) is 9.59 Å². The van der Waals surface area contributed by atoms with E-state index in [9.17, 15) is 9.59 Å². The van der Waals surface area contributed by atoms with Gasteiger partial charge in [-0.25, -0.2) is 0 Å². The first-order valence-corrected chi connectivity index (χ1v) is 11.3. The third kappa shape index (κ3) is 4.19. The first kappa shape index (κ1) is 17.5. The lowest BCUT2D eigenvalue weighted by Gasteiger charge is -2.23. The zero-order chi connectivity index (χ0) is 16.2. The van der Waals surface area contributed by atoms with Crippen LogP contribution in [0.5, 0.6) is 0 Å². The Labute approximate surface area is 147 Å². The summed E-state index contributed by atoms with van der Waals surface area (Å²) in [4.78, 5) is 26.7. The fourth-order valence-electron chi connectivity index (χ4n) is 4.23. The number of amides is 2. The van der Waals surface area contributed by atoms with Crippen molar-refractivity contribution in [2.24, 2.45) is 11.8 Å². The third-order valence-electron chi connectivity index (χ3n) is 5.50. The van der Waals surface area contributed by atoms with E-state index in [1.807, 2.05) is 0 Å². The number of nitrogens with one attached hydrogen (secondary N) is 1. The Balaban J connectivity index is 1.48. The lowest BCUT2D eigenvalue weighted by Crippen LogP contribution is -2.43. The van der Waals surface area contributed by atoms with Gasteiger partial charge in [0.05, 0.1) is 5.25 Å². The van der Waals surface area contributed by atoms with Crippen molar-refractivity contribution in [2.75, 3.05) is 30.9 Å². The molecule has 0 spiro atoms. The normalized spacial score (nSPS) is 33.0. The fraction of sp³-hybridized carbons (Fsp3) is 0.882. The number of rotatable bonds is 6. The van der Waals surface area contributed by atoms with E-state index in [1.54, 1.807) is 23.5 Å². The van der Waals surface area contributed by atoms with Crippen molar-refractivity contribution < 1.29 is 9.59 Å². The van der Waals surface area contributed by atoms with Crippen LogP contribution in [0.15, 0.2) is 0 Å². The van der Waals surface area contributed by atoms with Crippen LogP contribution in [0.25, 0.3) is 0 Å². The molecule has 4 unspecified atom stereocenters. The van der Waals surface area contributed by atoms with Crippen LogP contribution in [0, 0.1) is 11.8 Å². The molecule has 23 heavy (non-hydrogen) atoms. The van der Waals surface area contributed by atoms with Crippen molar-refractivity contribution in [3.8, 4) is 0 Å². The van der Waals surface area contributed by atoms with Gasteiger partial charge in [-0.3, -0.25) is 9.59 Å². The topological polar surface area (TPSA) is 49.4 Å². The summed E-state index contributed by atoms with van der Waals surface area (Å²) in [6, 6.07) is 0.290. The largest absolute Gasteiger partial charge is 0.352 e. The van der Waals surface area contributed by atoms with Crippen molar-refractivity contribution >= 4 is 35.3 Å². The van der Waals surface area contributed by atoms with Crippen LogP contribution in [0.2, 0.25) is 0 Å². The summed E-state index contributed by atoms with van der Waals surface area (Å²) < 4.78 is 0. The second-order valence-electron chi connectivity index (χ2n) is 7.01. The Bertz CT molecular complexity index is 440. The Kier molecular flexibility index (Phi) is 6.19. The highest BCUT2D eigenvalue weighted by Crippen LogP contribution is 2.39. The summed E-state index contributed by atoms with van der Waals surface area (Å²) in [6.07, 6.45) is 8.17. The molecule has 0 aromatic carbocycles. The Morgan fingerprint density at radius 2 is 2.13 bits per heavy atom. The molecule has 3 fully saturated rings. The van der Waals surface area contributed by atoms with E-state index in [1.165, 1.54) is 0 Å². The molecular weight excluding hydrogens is 328 g/mol. The summed E-state index contributed by atoms with van der Waals surface area (Å²) in [5.74, 6) is 3.81. The number of fused-ring (bicyclic) bond motifs is 1. The van der Waals surface area contributed by atoms with Gasteiger partial charge in [-0.15, -0.1) is 11.8 Å². The lowest BCUT2D eigenvalue weighted by atomic mass is 9.97. The summed E-state index contributed by atoms with van der Waals surface area (Å²) in [7, 11) is 0. The quantitative estimate of drug-likeness (QED) is 0.743. The number of likely N-dealkylation sites (tertiary alicyclic amines) is 1. The van der Waals surface area contributed by atoms with E-state index in [2.05, 4.69) is 16.5 Å². The minimum absolute atomic E-state index is 0.166. The number of hydrogen-bond acceptors (Lipinski definition) is 4. The van der Waals surface area contributed by atoms with Crippen LogP contribution in [-0.4, -0.2) is 58.9 Å². The maximum Gasteiger partial charge on any atom is 0.233 e. The van der Waals surface area contributed by atoms with Gasteiger partial charge in [0.15, 0.2) is 0 Å². The van der Waals surface area contributed by atoms with Gasteiger partial charge in [0.2, 0.25) is 11.8 Å². The fourth-order valence-corrected chi connectivity index (χ4v) is 5.84. The van der Waals surface area contributed by atoms with Gasteiger partial charge in [-0.1, -0.05) is 0 Å². The number of carbonyl (C=O) groups is 2. The monoisotopic (exact) mass is 356 g/mol. The number of carbonyl (C=O) groups excluding carboxylic acids is 2. The van der Waals surface area contributed by atoms with Crippen LogP contribution < -0.4 is 5.32 Å². The maximum absolute atomic E-state index is 12.4. The highest BCUT2D eigenvalue weighted by molar-refractivity contribution is 8.00. The van der Waals surface area contributed by atoms with Crippen LogP contribution in [0.1, 0.15) is 38.5 Å². The van der Waals surface area contributed by atoms with Crippen molar-refractivity contribution in [1.82, 2.24) is 10.2 Å². The minimum Gasteiger partial charge on any atom is -0.352 e. The Hall–Kier alpha value is -0.360. The van der Waals surface area contributed by atoms with Crippen molar-refractivity contribution in [2.45, 2.75) is 49.8 Å². The van der Waals surface area contributed by atoms with Gasteiger partial charge < -0.3 is 10.2 Å². The van der Waals surface area contributed by atoms with Crippen molar-refractivity contribution in [1.29, 1.82) is 0 Å². The SMILES string of the molecule is CSCCCC(=O)N1CC2CCC(NC(=O)C3CCCS3)C2C1. The molecule has 0 aromatic rings. The highest BCUT2D eigenvalue weighted by atomic mass is 32.2. The number of nitrogens with zero attached hydrogens (tertiary/aromatic N) is 1. The zero-order valence-corrected chi connectivity index (χ0v) is 15.6. The van der Waals surface area contributed by atoms with Crippen LogP contribution in [0.4, 0.5) is 0 Å².